The molecule has 94 valence electrons. The second-order valence-electron chi connectivity index (χ2n) is 4.00. The minimum absolute atomic E-state index is 0.0222. The molecule has 0 aliphatic carbocycles. The summed E-state index contributed by atoms with van der Waals surface area (Å²) in [5.41, 5.74) is 0. The van der Waals surface area contributed by atoms with Crippen molar-refractivity contribution in [3.63, 3.8) is 0 Å². The first-order chi connectivity index (χ1) is 8.11. The zero-order valence-electron chi connectivity index (χ0n) is 10.2. The van der Waals surface area contributed by atoms with Crippen molar-refractivity contribution >= 4 is 17.5 Å². The maximum atomic E-state index is 11.5. The molecule has 0 radical (unpaired) electrons. The number of nitrogens with one attached hydrogen (secondary N) is 1. The Kier molecular flexibility index (Phi) is 5.84. The second kappa shape index (κ2) is 7.17. The lowest BCUT2D eigenvalue weighted by atomic mass is 10.2. The summed E-state index contributed by atoms with van der Waals surface area (Å²) in [6.07, 6.45) is 2.03. The third-order valence-corrected chi connectivity index (χ3v) is 2.53. The van der Waals surface area contributed by atoms with Crippen LogP contribution in [0.2, 0.25) is 5.02 Å². The highest BCUT2D eigenvalue weighted by Crippen LogP contribution is 2.16. The van der Waals surface area contributed by atoms with E-state index in [-0.39, 0.29) is 18.6 Å². The van der Waals surface area contributed by atoms with Crippen molar-refractivity contribution in [2.24, 2.45) is 0 Å². The van der Waals surface area contributed by atoms with Crippen molar-refractivity contribution in [1.29, 1.82) is 0 Å². The van der Waals surface area contributed by atoms with Crippen LogP contribution in [0.1, 0.15) is 26.7 Å². The van der Waals surface area contributed by atoms with E-state index in [1.54, 1.807) is 24.3 Å². The van der Waals surface area contributed by atoms with Gasteiger partial charge >= 0.3 is 0 Å². The quantitative estimate of drug-likeness (QED) is 0.849. The number of benzene rings is 1. The van der Waals surface area contributed by atoms with E-state index in [0.717, 1.165) is 12.8 Å². The van der Waals surface area contributed by atoms with Crippen LogP contribution in [0, 0.1) is 0 Å². The smallest absolute Gasteiger partial charge is 0.258 e. The summed E-state index contributed by atoms with van der Waals surface area (Å²) < 4.78 is 5.33. The number of carbonyl (C=O) groups is 1. The molecule has 4 heteroatoms. The first-order valence-electron chi connectivity index (χ1n) is 5.79. The van der Waals surface area contributed by atoms with Gasteiger partial charge in [0, 0.05) is 11.1 Å². The molecule has 0 aliphatic rings. The van der Waals surface area contributed by atoms with Crippen molar-refractivity contribution in [3.05, 3.63) is 29.3 Å². The molecule has 1 N–H and O–H groups in total. The van der Waals surface area contributed by atoms with E-state index in [0.29, 0.717) is 10.8 Å². The predicted octanol–water partition coefficient (Wildman–Crippen LogP) is 3.02. The Morgan fingerprint density at radius 1 is 1.53 bits per heavy atom. The highest BCUT2D eigenvalue weighted by molar-refractivity contribution is 6.30. The largest absolute Gasteiger partial charge is 0.484 e. The van der Waals surface area contributed by atoms with Crippen LogP contribution >= 0.6 is 11.6 Å². The van der Waals surface area contributed by atoms with Gasteiger partial charge in [0.05, 0.1) is 0 Å². The minimum Gasteiger partial charge on any atom is -0.484 e. The summed E-state index contributed by atoms with van der Waals surface area (Å²) in [4.78, 5) is 11.5. The molecule has 0 heterocycles. The molecular formula is C13H18ClNO2. The molecule has 0 aromatic heterocycles. The van der Waals surface area contributed by atoms with Crippen molar-refractivity contribution in [2.75, 3.05) is 6.61 Å². The SMILES string of the molecule is CCC[C@H](C)NC(=O)COc1cccc(Cl)c1. The average molecular weight is 256 g/mol. The van der Waals surface area contributed by atoms with Gasteiger partial charge in [-0.15, -0.1) is 0 Å². The van der Waals surface area contributed by atoms with E-state index in [9.17, 15) is 4.79 Å². The van der Waals surface area contributed by atoms with Crippen LogP contribution in [0.4, 0.5) is 0 Å². The second-order valence-corrected chi connectivity index (χ2v) is 4.44. The van der Waals surface area contributed by atoms with Gasteiger partial charge in [-0.1, -0.05) is 31.0 Å². The fourth-order valence-corrected chi connectivity index (χ4v) is 1.71. The third-order valence-electron chi connectivity index (χ3n) is 2.30. The fraction of sp³-hybridized carbons (Fsp3) is 0.462. The van der Waals surface area contributed by atoms with Crippen LogP contribution in [0.25, 0.3) is 0 Å². The zero-order valence-corrected chi connectivity index (χ0v) is 11.0. The van der Waals surface area contributed by atoms with Gasteiger partial charge in [0.2, 0.25) is 0 Å². The number of ether oxygens (including phenoxy) is 1. The van der Waals surface area contributed by atoms with Crippen molar-refractivity contribution < 1.29 is 9.53 Å². The van der Waals surface area contributed by atoms with Crippen molar-refractivity contribution in [2.45, 2.75) is 32.7 Å². The zero-order chi connectivity index (χ0) is 12.7. The fourth-order valence-electron chi connectivity index (χ4n) is 1.53. The van der Waals surface area contributed by atoms with Gasteiger partial charge < -0.3 is 10.1 Å². The first-order valence-corrected chi connectivity index (χ1v) is 6.17. The van der Waals surface area contributed by atoms with E-state index in [2.05, 4.69) is 12.2 Å². The molecule has 0 aliphatic heterocycles. The lowest BCUT2D eigenvalue weighted by molar-refractivity contribution is -0.123. The van der Waals surface area contributed by atoms with Crippen LogP contribution in [-0.2, 0) is 4.79 Å². The third kappa shape index (κ3) is 5.59. The number of rotatable bonds is 6. The molecule has 3 nitrogen and oxygen atoms in total. The van der Waals surface area contributed by atoms with Crippen LogP contribution in [-0.4, -0.2) is 18.6 Å². The maximum absolute atomic E-state index is 11.5. The van der Waals surface area contributed by atoms with Gasteiger partial charge in [-0.3, -0.25) is 4.79 Å². The van der Waals surface area contributed by atoms with E-state index in [1.165, 1.54) is 0 Å². The summed E-state index contributed by atoms with van der Waals surface area (Å²) >= 11 is 5.81. The Hall–Kier alpha value is -1.22. The molecule has 0 saturated heterocycles. The summed E-state index contributed by atoms with van der Waals surface area (Å²) in [6.45, 7) is 4.10. The topological polar surface area (TPSA) is 38.3 Å². The Labute approximate surface area is 107 Å². The lowest BCUT2D eigenvalue weighted by Crippen LogP contribution is -2.35. The molecule has 0 spiro atoms. The van der Waals surface area contributed by atoms with E-state index < -0.39 is 0 Å². The number of hydrogen-bond acceptors (Lipinski definition) is 2. The molecule has 0 fully saturated rings. The molecule has 1 amide bonds. The van der Waals surface area contributed by atoms with Crippen molar-refractivity contribution in [3.8, 4) is 5.75 Å². The van der Waals surface area contributed by atoms with Gasteiger partial charge in [0.1, 0.15) is 5.75 Å². The van der Waals surface area contributed by atoms with Gasteiger partial charge in [0.15, 0.2) is 6.61 Å². The highest BCUT2D eigenvalue weighted by atomic mass is 35.5. The Morgan fingerprint density at radius 3 is 2.94 bits per heavy atom. The standard InChI is InChI=1S/C13H18ClNO2/c1-3-5-10(2)15-13(16)9-17-12-7-4-6-11(14)8-12/h4,6-8,10H,3,5,9H2,1-2H3,(H,15,16)/t10-/m0/s1. The van der Waals surface area contributed by atoms with Gasteiger partial charge in [0.25, 0.3) is 5.91 Å². The summed E-state index contributed by atoms with van der Waals surface area (Å²) in [6, 6.07) is 7.20. The van der Waals surface area contributed by atoms with E-state index in [1.807, 2.05) is 6.92 Å². The number of carbonyl (C=O) groups excluding carboxylic acids is 1. The molecule has 1 rings (SSSR count). The monoisotopic (exact) mass is 255 g/mol. The Balaban J connectivity index is 2.33. The van der Waals surface area contributed by atoms with E-state index in [4.69, 9.17) is 16.3 Å². The molecule has 0 saturated carbocycles. The van der Waals surface area contributed by atoms with E-state index >= 15 is 0 Å². The normalized spacial score (nSPS) is 11.9. The average Bonchev–Trinajstić information content (AvgIpc) is 2.27. The van der Waals surface area contributed by atoms with Crippen LogP contribution in [0.5, 0.6) is 5.75 Å². The molecule has 1 atom stereocenters. The van der Waals surface area contributed by atoms with Crippen LogP contribution in [0.15, 0.2) is 24.3 Å². The number of amides is 1. The maximum Gasteiger partial charge on any atom is 0.258 e. The lowest BCUT2D eigenvalue weighted by Gasteiger charge is -2.13. The molecule has 0 unspecified atom stereocenters. The van der Waals surface area contributed by atoms with Crippen LogP contribution < -0.4 is 10.1 Å². The summed E-state index contributed by atoms with van der Waals surface area (Å²) in [5, 5.41) is 3.47. The van der Waals surface area contributed by atoms with Gasteiger partial charge in [-0.2, -0.15) is 0 Å². The van der Waals surface area contributed by atoms with Gasteiger partial charge in [-0.05, 0) is 31.5 Å². The summed E-state index contributed by atoms with van der Waals surface area (Å²) in [7, 11) is 0. The number of halogens is 1. The molecule has 17 heavy (non-hydrogen) atoms. The first kappa shape index (κ1) is 13.8. The Bertz CT molecular complexity index is 368. The van der Waals surface area contributed by atoms with Gasteiger partial charge in [-0.25, -0.2) is 0 Å². The molecular weight excluding hydrogens is 238 g/mol. The molecule has 0 bridgehead atoms. The van der Waals surface area contributed by atoms with Crippen molar-refractivity contribution in [1.82, 2.24) is 5.32 Å². The number of hydrogen-bond donors (Lipinski definition) is 1. The molecule has 1 aromatic carbocycles. The highest BCUT2D eigenvalue weighted by Gasteiger charge is 2.07. The minimum atomic E-state index is -0.106. The van der Waals surface area contributed by atoms with Crippen LogP contribution in [0.3, 0.4) is 0 Å². The Morgan fingerprint density at radius 2 is 2.29 bits per heavy atom. The summed E-state index contributed by atoms with van der Waals surface area (Å²) in [5.74, 6) is 0.502. The predicted molar refractivity (Wildman–Crippen MR) is 69.5 cm³/mol. The molecule has 1 aromatic rings.